The van der Waals surface area contributed by atoms with Gasteiger partial charge in [-0.1, -0.05) is 0 Å². The summed E-state index contributed by atoms with van der Waals surface area (Å²) in [5.41, 5.74) is 0.910. The molecule has 1 aromatic rings. The lowest BCUT2D eigenvalue weighted by molar-refractivity contribution is -0.139. The van der Waals surface area contributed by atoms with E-state index < -0.39 is 6.04 Å². The minimum absolute atomic E-state index is 0.108. The summed E-state index contributed by atoms with van der Waals surface area (Å²) in [6, 6.07) is -0.710. The first kappa shape index (κ1) is 16.9. The monoisotopic (exact) mass is 319 g/mol. The van der Waals surface area contributed by atoms with E-state index in [1.165, 1.54) is 29.1 Å². The molecule has 3 amide bonds. The van der Waals surface area contributed by atoms with Crippen molar-refractivity contribution in [2.75, 3.05) is 33.7 Å². The number of piperazine rings is 1. The van der Waals surface area contributed by atoms with Gasteiger partial charge in [-0.25, -0.2) is 4.98 Å². The Bertz CT molecular complexity index is 614. The third-order valence-electron chi connectivity index (χ3n) is 3.81. The maximum absolute atomic E-state index is 12.7. The molecule has 0 aromatic carbocycles. The number of likely N-dealkylation sites (N-methyl/N-ethyl adjacent to an activating group) is 1. The van der Waals surface area contributed by atoms with Gasteiger partial charge >= 0.3 is 0 Å². The van der Waals surface area contributed by atoms with E-state index in [1.54, 1.807) is 25.9 Å². The topological polar surface area (TPSA) is 86.7 Å². The van der Waals surface area contributed by atoms with Gasteiger partial charge in [0.1, 0.15) is 11.7 Å². The van der Waals surface area contributed by atoms with E-state index in [-0.39, 0.29) is 36.5 Å². The third kappa shape index (κ3) is 3.64. The average molecular weight is 319 g/mol. The first-order chi connectivity index (χ1) is 10.8. The van der Waals surface area contributed by atoms with Crippen molar-refractivity contribution in [2.45, 2.75) is 19.9 Å². The van der Waals surface area contributed by atoms with Crippen molar-refractivity contribution in [1.82, 2.24) is 24.7 Å². The van der Waals surface area contributed by atoms with Crippen LogP contribution in [0.25, 0.3) is 0 Å². The molecule has 8 heteroatoms. The summed E-state index contributed by atoms with van der Waals surface area (Å²) >= 11 is 0. The van der Waals surface area contributed by atoms with E-state index in [0.717, 1.165) is 0 Å². The van der Waals surface area contributed by atoms with Crippen LogP contribution in [-0.2, 0) is 9.59 Å². The fourth-order valence-corrected chi connectivity index (χ4v) is 2.47. The van der Waals surface area contributed by atoms with E-state index in [4.69, 9.17) is 0 Å². The van der Waals surface area contributed by atoms with Crippen LogP contribution in [0.5, 0.6) is 0 Å². The molecule has 8 nitrogen and oxygen atoms in total. The summed E-state index contributed by atoms with van der Waals surface area (Å²) < 4.78 is 0. The number of rotatable bonds is 2. The molecule has 0 bridgehead atoms. The predicted molar refractivity (Wildman–Crippen MR) is 82.5 cm³/mol. The molecule has 0 spiro atoms. The van der Waals surface area contributed by atoms with Gasteiger partial charge in [-0.05, 0) is 6.92 Å². The number of carbonyl (C=O) groups excluding carboxylic acids is 3. The first-order valence-corrected chi connectivity index (χ1v) is 7.37. The van der Waals surface area contributed by atoms with Gasteiger partial charge in [0.05, 0.1) is 18.4 Å². The highest BCUT2D eigenvalue weighted by molar-refractivity contribution is 5.96. The maximum Gasteiger partial charge on any atom is 0.274 e. The van der Waals surface area contributed by atoms with Crippen molar-refractivity contribution in [3.63, 3.8) is 0 Å². The lowest BCUT2D eigenvalue weighted by Crippen LogP contribution is -2.61. The second-order valence-electron chi connectivity index (χ2n) is 5.76. The van der Waals surface area contributed by atoms with Crippen LogP contribution < -0.4 is 0 Å². The number of aromatic nitrogens is 2. The summed E-state index contributed by atoms with van der Waals surface area (Å²) in [6.07, 6.45) is 2.92. The van der Waals surface area contributed by atoms with Crippen LogP contribution in [0, 0.1) is 6.92 Å². The number of hydrogen-bond acceptors (Lipinski definition) is 5. The molecule has 124 valence electrons. The zero-order valence-electron chi connectivity index (χ0n) is 13.8. The summed E-state index contributed by atoms with van der Waals surface area (Å²) in [5.74, 6) is -0.672. The van der Waals surface area contributed by atoms with Crippen molar-refractivity contribution in [2.24, 2.45) is 0 Å². The summed E-state index contributed by atoms with van der Waals surface area (Å²) in [4.78, 5) is 49.3. The molecule has 1 saturated heterocycles. The van der Waals surface area contributed by atoms with E-state index in [9.17, 15) is 14.4 Å². The Morgan fingerprint density at radius 3 is 2.39 bits per heavy atom. The molecule has 1 fully saturated rings. The molecule has 1 aliphatic rings. The van der Waals surface area contributed by atoms with E-state index in [1.807, 2.05) is 0 Å². The molecule has 1 aromatic heterocycles. The fraction of sp³-hybridized carbons (Fsp3) is 0.533. The van der Waals surface area contributed by atoms with Crippen molar-refractivity contribution < 1.29 is 14.4 Å². The van der Waals surface area contributed by atoms with Gasteiger partial charge in [0, 0.05) is 40.3 Å². The number of nitrogens with zero attached hydrogens (tertiary/aromatic N) is 5. The minimum atomic E-state index is -0.710. The molecule has 0 radical (unpaired) electrons. The SMILES string of the molecule is CC(=O)N1CCN(C(=O)c2cnc(C)cn2)C(C(=O)N(C)C)C1. The summed E-state index contributed by atoms with van der Waals surface area (Å²) in [5, 5.41) is 0. The van der Waals surface area contributed by atoms with Crippen molar-refractivity contribution in [1.29, 1.82) is 0 Å². The van der Waals surface area contributed by atoms with Gasteiger partial charge in [0.2, 0.25) is 11.8 Å². The Hall–Kier alpha value is -2.51. The van der Waals surface area contributed by atoms with E-state index >= 15 is 0 Å². The average Bonchev–Trinajstić information content (AvgIpc) is 2.53. The Balaban J connectivity index is 2.27. The van der Waals surface area contributed by atoms with Crippen LogP contribution in [-0.4, -0.2) is 82.2 Å². The Kier molecular flexibility index (Phi) is 4.92. The van der Waals surface area contributed by atoms with Gasteiger partial charge in [0.25, 0.3) is 5.91 Å². The number of hydrogen-bond donors (Lipinski definition) is 0. The van der Waals surface area contributed by atoms with Crippen molar-refractivity contribution in [3.05, 3.63) is 23.8 Å². The van der Waals surface area contributed by atoms with Crippen LogP contribution in [0.3, 0.4) is 0 Å². The molecule has 2 rings (SSSR count). The molecule has 23 heavy (non-hydrogen) atoms. The number of carbonyl (C=O) groups is 3. The smallest absolute Gasteiger partial charge is 0.274 e. The van der Waals surface area contributed by atoms with Gasteiger partial charge in [-0.2, -0.15) is 0 Å². The van der Waals surface area contributed by atoms with Crippen LogP contribution >= 0.6 is 0 Å². The zero-order valence-corrected chi connectivity index (χ0v) is 13.8. The highest BCUT2D eigenvalue weighted by atomic mass is 16.2. The third-order valence-corrected chi connectivity index (χ3v) is 3.81. The minimum Gasteiger partial charge on any atom is -0.347 e. The highest BCUT2D eigenvalue weighted by Gasteiger charge is 2.37. The van der Waals surface area contributed by atoms with Crippen LogP contribution in [0.15, 0.2) is 12.4 Å². The van der Waals surface area contributed by atoms with Crippen molar-refractivity contribution in [3.8, 4) is 0 Å². The van der Waals surface area contributed by atoms with Crippen molar-refractivity contribution >= 4 is 17.7 Å². The molecule has 1 atom stereocenters. The van der Waals surface area contributed by atoms with Crippen LogP contribution in [0.1, 0.15) is 23.1 Å². The zero-order chi connectivity index (χ0) is 17.1. The van der Waals surface area contributed by atoms with E-state index in [0.29, 0.717) is 12.2 Å². The molecule has 0 saturated carbocycles. The predicted octanol–water partition coefficient (Wildman–Crippen LogP) is -0.454. The van der Waals surface area contributed by atoms with Gasteiger partial charge in [-0.15, -0.1) is 0 Å². The first-order valence-electron chi connectivity index (χ1n) is 7.37. The molecule has 2 heterocycles. The molecular formula is C15H21N5O3. The second-order valence-corrected chi connectivity index (χ2v) is 5.76. The second kappa shape index (κ2) is 6.72. The standard InChI is InChI=1S/C15H21N5O3/c1-10-7-17-12(8-16-10)14(22)20-6-5-19(11(2)21)9-13(20)15(23)18(3)4/h7-8,13H,5-6,9H2,1-4H3. The normalized spacial score (nSPS) is 17.8. The largest absolute Gasteiger partial charge is 0.347 e. The van der Waals surface area contributed by atoms with Crippen LogP contribution in [0.2, 0.25) is 0 Å². The number of aryl methyl sites for hydroxylation is 1. The maximum atomic E-state index is 12.7. The molecule has 0 N–H and O–H groups in total. The summed E-state index contributed by atoms with van der Waals surface area (Å²) in [7, 11) is 3.26. The Morgan fingerprint density at radius 1 is 1.17 bits per heavy atom. The Labute approximate surface area is 135 Å². The Morgan fingerprint density at radius 2 is 1.87 bits per heavy atom. The molecule has 1 unspecified atom stereocenters. The van der Waals surface area contributed by atoms with Gasteiger partial charge in [0.15, 0.2) is 0 Å². The molecule has 0 aliphatic carbocycles. The molecular weight excluding hydrogens is 298 g/mol. The fourth-order valence-electron chi connectivity index (χ4n) is 2.47. The lowest BCUT2D eigenvalue weighted by Gasteiger charge is -2.40. The quantitative estimate of drug-likeness (QED) is 0.736. The lowest BCUT2D eigenvalue weighted by atomic mass is 10.1. The van der Waals surface area contributed by atoms with E-state index in [2.05, 4.69) is 9.97 Å². The van der Waals surface area contributed by atoms with Gasteiger partial charge in [-0.3, -0.25) is 19.4 Å². The highest BCUT2D eigenvalue weighted by Crippen LogP contribution is 2.15. The number of amides is 3. The molecule has 1 aliphatic heterocycles. The van der Waals surface area contributed by atoms with Gasteiger partial charge < -0.3 is 14.7 Å². The van der Waals surface area contributed by atoms with Crippen LogP contribution in [0.4, 0.5) is 0 Å². The summed E-state index contributed by atoms with van der Waals surface area (Å²) in [6.45, 7) is 4.12.